The van der Waals surface area contributed by atoms with Crippen molar-refractivity contribution in [2.45, 2.75) is 24.5 Å². The maximum absolute atomic E-state index is 12.3. The van der Waals surface area contributed by atoms with Crippen molar-refractivity contribution < 1.29 is 19.2 Å². The van der Waals surface area contributed by atoms with Crippen molar-refractivity contribution in [3.63, 3.8) is 0 Å². The number of nitro groups is 1. The van der Waals surface area contributed by atoms with E-state index in [0.29, 0.717) is 10.9 Å². The van der Waals surface area contributed by atoms with Gasteiger partial charge in [-0.1, -0.05) is 11.8 Å². The van der Waals surface area contributed by atoms with Crippen LogP contribution in [0.15, 0.2) is 23.2 Å². The Bertz CT molecular complexity index is 776. The molecule has 9 nitrogen and oxygen atoms in total. The number of amides is 2. The van der Waals surface area contributed by atoms with Crippen LogP contribution in [-0.4, -0.2) is 52.3 Å². The summed E-state index contributed by atoms with van der Waals surface area (Å²) in [6.07, 6.45) is 2.09. The number of anilines is 1. The van der Waals surface area contributed by atoms with Gasteiger partial charge in [0.25, 0.3) is 11.6 Å². The van der Waals surface area contributed by atoms with E-state index < -0.39 is 16.1 Å². The molecule has 1 saturated heterocycles. The molecular weight excluding hydrogens is 360 g/mol. The molecule has 1 fully saturated rings. The molecule has 0 aliphatic carbocycles. The van der Waals surface area contributed by atoms with Crippen molar-refractivity contribution in [1.82, 2.24) is 4.90 Å². The first kappa shape index (κ1) is 18.2. The lowest BCUT2D eigenvalue weighted by molar-refractivity contribution is -0.384. The second kappa shape index (κ2) is 7.73. The van der Waals surface area contributed by atoms with Crippen molar-refractivity contribution in [2.24, 2.45) is 4.99 Å². The van der Waals surface area contributed by atoms with E-state index in [9.17, 15) is 19.7 Å². The van der Waals surface area contributed by atoms with E-state index in [1.165, 1.54) is 37.1 Å². The minimum absolute atomic E-state index is 0.0593. The van der Waals surface area contributed by atoms with Crippen LogP contribution in [0.2, 0.25) is 0 Å². The Morgan fingerprint density at radius 2 is 2.19 bits per heavy atom. The summed E-state index contributed by atoms with van der Waals surface area (Å²) in [6, 6.07) is 3.94. The van der Waals surface area contributed by atoms with Gasteiger partial charge >= 0.3 is 0 Å². The van der Waals surface area contributed by atoms with E-state index in [-0.39, 0.29) is 23.7 Å². The minimum atomic E-state index is -0.574. The fourth-order valence-corrected chi connectivity index (χ4v) is 3.95. The molecule has 3 rings (SSSR count). The maximum Gasteiger partial charge on any atom is 0.271 e. The van der Waals surface area contributed by atoms with E-state index in [0.717, 1.165) is 25.9 Å². The molecular formula is C16H18N4O5S. The molecule has 0 spiro atoms. The fraction of sp³-hybridized carbons (Fsp3) is 0.438. The van der Waals surface area contributed by atoms with E-state index in [2.05, 4.69) is 15.2 Å². The van der Waals surface area contributed by atoms with E-state index in [1.54, 1.807) is 0 Å². The molecule has 2 aliphatic rings. The lowest BCUT2D eigenvalue weighted by atomic mass is 10.2. The SMILES string of the molecule is COc1ccc([N+](=O)[O-])cc1NC(=O)CC1SC(N2CCCC2)=NC1=O. The molecule has 1 aromatic rings. The Labute approximate surface area is 153 Å². The minimum Gasteiger partial charge on any atom is -0.495 e. The average molecular weight is 378 g/mol. The number of nitrogens with zero attached hydrogens (tertiary/aromatic N) is 3. The molecule has 2 amide bonds. The molecule has 1 atom stereocenters. The zero-order valence-corrected chi connectivity index (χ0v) is 15.0. The number of nitro benzene ring substituents is 1. The highest BCUT2D eigenvalue weighted by atomic mass is 32.2. The molecule has 0 saturated carbocycles. The first-order valence-corrected chi connectivity index (χ1v) is 9.02. The topological polar surface area (TPSA) is 114 Å². The van der Waals surface area contributed by atoms with Gasteiger partial charge in [-0.05, 0) is 18.9 Å². The van der Waals surface area contributed by atoms with Crippen LogP contribution in [0.25, 0.3) is 0 Å². The Kier molecular flexibility index (Phi) is 5.40. The first-order chi connectivity index (χ1) is 12.5. The van der Waals surface area contributed by atoms with Gasteiger partial charge in [-0.2, -0.15) is 4.99 Å². The third-order valence-corrected chi connectivity index (χ3v) is 5.36. The number of rotatable bonds is 5. The summed E-state index contributed by atoms with van der Waals surface area (Å²) in [6.45, 7) is 1.76. The van der Waals surface area contributed by atoms with Gasteiger partial charge in [-0.25, -0.2) is 0 Å². The standard InChI is InChI=1S/C16H18N4O5S/c1-25-12-5-4-10(20(23)24)8-11(12)17-14(21)9-13-15(22)18-16(26-13)19-6-2-3-7-19/h4-5,8,13H,2-3,6-7,9H2,1H3,(H,17,21). The second-order valence-corrected chi connectivity index (χ2v) is 7.10. The van der Waals surface area contributed by atoms with Gasteiger partial charge in [0.05, 0.1) is 17.7 Å². The first-order valence-electron chi connectivity index (χ1n) is 8.14. The van der Waals surface area contributed by atoms with Crippen molar-refractivity contribution in [3.8, 4) is 5.75 Å². The van der Waals surface area contributed by atoms with Gasteiger partial charge in [0, 0.05) is 31.6 Å². The molecule has 0 radical (unpaired) electrons. The average Bonchev–Trinajstić information content (AvgIpc) is 3.25. The molecule has 26 heavy (non-hydrogen) atoms. The number of methoxy groups -OCH3 is 1. The van der Waals surface area contributed by atoms with Crippen LogP contribution < -0.4 is 10.1 Å². The number of non-ortho nitro benzene ring substituents is 1. The summed E-state index contributed by atoms with van der Waals surface area (Å²) in [5.74, 6) is -0.436. The second-order valence-electron chi connectivity index (χ2n) is 5.93. The highest BCUT2D eigenvalue weighted by Crippen LogP contribution is 2.31. The number of hydrogen-bond donors (Lipinski definition) is 1. The van der Waals surface area contributed by atoms with Crippen LogP contribution in [0.3, 0.4) is 0 Å². The number of aliphatic imine (C=N–C) groups is 1. The molecule has 2 heterocycles. The van der Waals surface area contributed by atoms with Gasteiger partial charge in [0.1, 0.15) is 11.0 Å². The summed E-state index contributed by atoms with van der Waals surface area (Å²) in [4.78, 5) is 40.9. The zero-order valence-electron chi connectivity index (χ0n) is 14.1. The van der Waals surface area contributed by atoms with Crippen molar-refractivity contribution in [3.05, 3.63) is 28.3 Å². The maximum atomic E-state index is 12.3. The predicted octanol–water partition coefficient (Wildman–Crippen LogP) is 2.03. The number of carbonyl (C=O) groups is 2. The summed E-state index contributed by atoms with van der Waals surface area (Å²) >= 11 is 1.30. The number of amidine groups is 1. The number of hydrogen-bond acceptors (Lipinski definition) is 7. The van der Waals surface area contributed by atoms with Gasteiger partial charge in [-0.15, -0.1) is 0 Å². The summed E-state index contributed by atoms with van der Waals surface area (Å²) in [5, 5.41) is 13.6. The Morgan fingerprint density at radius 3 is 2.85 bits per heavy atom. The zero-order chi connectivity index (χ0) is 18.7. The highest BCUT2D eigenvalue weighted by Gasteiger charge is 2.34. The largest absolute Gasteiger partial charge is 0.495 e. The molecule has 1 aromatic carbocycles. The number of benzene rings is 1. The smallest absolute Gasteiger partial charge is 0.271 e. The van der Waals surface area contributed by atoms with Crippen LogP contribution >= 0.6 is 11.8 Å². The summed E-state index contributed by atoms with van der Waals surface area (Å²) in [5.41, 5.74) is 0.0369. The Hall–Kier alpha value is -2.62. The van der Waals surface area contributed by atoms with E-state index >= 15 is 0 Å². The molecule has 138 valence electrons. The quantitative estimate of drug-likeness (QED) is 0.616. The number of nitrogens with one attached hydrogen (secondary N) is 1. The lowest BCUT2D eigenvalue weighted by Crippen LogP contribution is -2.25. The molecule has 1 N–H and O–H groups in total. The lowest BCUT2D eigenvalue weighted by Gasteiger charge is -2.16. The summed E-state index contributed by atoms with van der Waals surface area (Å²) < 4.78 is 5.12. The van der Waals surface area contributed by atoms with Gasteiger partial charge in [0.2, 0.25) is 5.91 Å². The van der Waals surface area contributed by atoms with Crippen LogP contribution in [0.4, 0.5) is 11.4 Å². The number of thioether (sulfide) groups is 1. The third kappa shape index (κ3) is 3.96. The number of ether oxygens (including phenoxy) is 1. The van der Waals surface area contributed by atoms with Crippen molar-refractivity contribution >= 4 is 40.1 Å². The molecule has 0 aromatic heterocycles. The highest BCUT2D eigenvalue weighted by molar-refractivity contribution is 8.15. The van der Waals surface area contributed by atoms with Gasteiger partial charge < -0.3 is 15.0 Å². The number of carbonyl (C=O) groups excluding carboxylic acids is 2. The third-order valence-electron chi connectivity index (χ3n) is 4.14. The van der Waals surface area contributed by atoms with Crippen LogP contribution in [0, 0.1) is 10.1 Å². The van der Waals surface area contributed by atoms with Gasteiger partial charge in [0.15, 0.2) is 5.17 Å². The summed E-state index contributed by atoms with van der Waals surface area (Å²) in [7, 11) is 1.41. The normalized spacial score (nSPS) is 19.4. The Morgan fingerprint density at radius 1 is 1.46 bits per heavy atom. The predicted molar refractivity (Wildman–Crippen MR) is 97.5 cm³/mol. The van der Waals surface area contributed by atoms with Crippen LogP contribution in [0.5, 0.6) is 5.75 Å². The van der Waals surface area contributed by atoms with Crippen LogP contribution in [-0.2, 0) is 9.59 Å². The van der Waals surface area contributed by atoms with E-state index in [1.807, 2.05) is 0 Å². The van der Waals surface area contributed by atoms with Gasteiger partial charge in [-0.3, -0.25) is 19.7 Å². The fourth-order valence-electron chi connectivity index (χ4n) is 2.83. The van der Waals surface area contributed by atoms with E-state index in [4.69, 9.17) is 4.74 Å². The van der Waals surface area contributed by atoms with Crippen molar-refractivity contribution in [2.75, 3.05) is 25.5 Å². The molecule has 2 aliphatic heterocycles. The molecule has 0 bridgehead atoms. The van der Waals surface area contributed by atoms with Crippen molar-refractivity contribution in [1.29, 1.82) is 0 Å². The molecule has 1 unspecified atom stereocenters. The number of likely N-dealkylation sites (tertiary alicyclic amines) is 1. The van der Waals surface area contributed by atoms with Crippen LogP contribution in [0.1, 0.15) is 19.3 Å². The monoisotopic (exact) mass is 378 g/mol. The molecule has 10 heteroatoms. The Balaban J connectivity index is 1.63.